The SMILES string of the molecule is O=C(NCc1ccncn1)c1cccs1. The molecule has 0 aliphatic heterocycles. The largest absolute Gasteiger partial charge is 0.346 e. The first-order chi connectivity index (χ1) is 7.36. The van der Waals surface area contributed by atoms with Crippen molar-refractivity contribution in [1.82, 2.24) is 15.3 Å². The van der Waals surface area contributed by atoms with Crippen LogP contribution >= 0.6 is 11.3 Å². The summed E-state index contributed by atoms with van der Waals surface area (Å²) in [7, 11) is 0. The van der Waals surface area contributed by atoms with Crippen molar-refractivity contribution >= 4 is 17.2 Å². The number of carbonyl (C=O) groups excluding carboxylic acids is 1. The molecule has 0 aliphatic rings. The molecule has 2 heterocycles. The van der Waals surface area contributed by atoms with E-state index in [1.165, 1.54) is 17.7 Å². The number of nitrogens with one attached hydrogen (secondary N) is 1. The number of hydrogen-bond donors (Lipinski definition) is 1. The summed E-state index contributed by atoms with van der Waals surface area (Å²) < 4.78 is 0. The fourth-order valence-corrected chi connectivity index (χ4v) is 1.73. The molecule has 0 aliphatic carbocycles. The molecule has 2 rings (SSSR count). The second kappa shape index (κ2) is 4.65. The zero-order chi connectivity index (χ0) is 10.5. The molecule has 1 amide bonds. The van der Waals surface area contributed by atoms with Crippen molar-refractivity contribution < 1.29 is 4.79 Å². The van der Waals surface area contributed by atoms with Gasteiger partial charge in [0, 0.05) is 6.20 Å². The molecule has 76 valence electrons. The van der Waals surface area contributed by atoms with E-state index in [1.807, 2.05) is 11.4 Å². The Morgan fingerprint density at radius 2 is 2.40 bits per heavy atom. The summed E-state index contributed by atoms with van der Waals surface area (Å²) in [4.78, 5) is 20.1. The summed E-state index contributed by atoms with van der Waals surface area (Å²) in [6.45, 7) is 0.430. The molecule has 0 aromatic carbocycles. The Hall–Kier alpha value is -1.75. The molecular weight excluding hydrogens is 210 g/mol. The predicted octanol–water partition coefficient (Wildman–Crippen LogP) is 1.47. The predicted molar refractivity (Wildman–Crippen MR) is 57.5 cm³/mol. The molecule has 0 spiro atoms. The van der Waals surface area contributed by atoms with Gasteiger partial charge in [0.2, 0.25) is 0 Å². The van der Waals surface area contributed by atoms with E-state index in [0.29, 0.717) is 11.4 Å². The van der Waals surface area contributed by atoms with Gasteiger partial charge in [0.25, 0.3) is 5.91 Å². The smallest absolute Gasteiger partial charge is 0.261 e. The van der Waals surface area contributed by atoms with Gasteiger partial charge in [0.15, 0.2) is 0 Å². The maximum atomic E-state index is 11.5. The highest BCUT2D eigenvalue weighted by atomic mass is 32.1. The highest BCUT2D eigenvalue weighted by molar-refractivity contribution is 7.12. The second-order valence-electron chi connectivity index (χ2n) is 2.86. The average molecular weight is 219 g/mol. The van der Waals surface area contributed by atoms with Gasteiger partial charge < -0.3 is 5.32 Å². The van der Waals surface area contributed by atoms with E-state index in [-0.39, 0.29) is 5.91 Å². The van der Waals surface area contributed by atoms with Gasteiger partial charge in [-0.3, -0.25) is 4.79 Å². The Morgan fingerprint density at radius 3 is 3.07 bits per heavy atom. The Kier molecular flexibility index (Phi) is 3.04. The molecule has 4 nitrogen and oxygen atoms in total. The standard InChI is InChI=1S/C10H9N3OS/c14-10(9-2-1-5-15-9)12-6-8-3-4-11-7-13-8/h1-5,7H,6H2,(H,12,14). The second-order valence-corrected chi connectivity index (χ2v) is 3.81. The Labute approximate surface area is 91.0 Å². The normalized spacial score (nSPS) is 9.87. The first kappa shape index (κ1) is 9.79. The van der Waals surface area contributed by atoms with Crippen LogP contribution in [0.3, 0.4) is 0 Å². The third kappa shape index (κ3) is 2.60. The molecule has 1 N–H and O–H groups in total. The Morgan fingerprint density at radius 1 is 1.47 bits per heavy atom. The van der Waals surface area contributed by atoms with Crippen LogP contribution in [0.4, 0.5) is 0 Å². The molecule has 0 radical (unpaired) electrons. The topological polar surface area (TPSA) is 54.9 Å². The van der Waals surface area contributed by atoms with Gasteiger partial charge in [-0.2, -0.15) is 0 Å². The molecule has 5 heteroatoms. The van der Waals surface area contributed by atoms with E-state index in [1.54, 1.807) is 18.3 Å². The van der Waals surface area contributed by atoms with Crippen LogP contribution in [0.15, 0.2) is 36.1 Å². The van der Waals surface area contributed by atoms with Gasteiger partial charge in [-0.25, -0.2) is 9.97 Å². The van der Waals surface area contributed by atoms with E-state index in [4.69, 9.17) is 0 Å². The molecule has 2 aromatic rings. The lowest BCUT2D eigenvalue weighted by molar-refractivity contribution is 0.0954. The van der Waals surface area contributed by atoms with Gasteiger partial charge in [0.05, 0.1) is 17.1 Å². The van der Waals surface area contributed by atoms with Crippen LogP contribution in [0.5, 0.6) is 0 Å². The third-order valence-corrected chi connectivity index (χ3v) is 2.69. The number of aromatic nitrogens is 2. The average Bonchev–Trinajstić information content (AvgIpc) is 2.81. The summed E-state index contributed by atoms with van der Waals surface area (Å²) in [6, 6.07) is 5.42. The van der Waals surface area contributed by atoms with Gasteiger partial charge in [0.1, 0.15) is 6.33 Å². The van der Waals surface area contributed by atoms with Crippen molar-refractivity contribution in [2.45, 2.75) is 6.54 Å². The van der Waals surface area contributed by atoms with Crippen LogP contribution in [0.25, 0.3) is 0 Å². The van der Waals surface area contributed by atoms with Gasteiger partial charge in [-0.1, -0.05) is 6.07 Å². The van der Waals surface area contributed by atoms with Crippen LogP contribution in [-0.4, -0.2) is 15.9 Å². The minimum Gasteiger partial charge on any atom is -0.346 e. The lowest BCUT2D eigenvalue weighted by Gasteiger charge is -2.01. The first-order valence-corrected chi connectivity index (χ1v) is 5.31. The van der Waals surface area contributed by atoms with Crippen molar-refractivity contribution in [3.8, 4) is 0 Å². The van der Waals surface area contributed by atoms with Crippen LogP contribution in [-0.2, 0) is 6.54 Å². The quantitative estimate of drug-likeness (QED) is 0.850. The van der Waals surface area contributed by atoms with E-state index in [0.717, 1.165) is 5.69 Å². The first-order valence-electron chi connectivity index (χ1n) is 4.43. The fourth-order valence-electron chi connectivity index (χ4n) is 1.09. The Bertz CT molecular complexity index is 427. The summed E-state index contributed by atoms with van der Waals surface area (Å²) >= 11 is 1.42. The maximum Gasteiger partial charge on any atom is 0.261 e. The molecule has 2 aromatic heterocycles. The van der Waals surface area contributed by atoms with Crippen LogP contribution in [0.2, 0.25) is 0 Å². The van der Waals surface area contributed by atoms with Crippen molar-refractivity contribution in [1.29, 1.82) is 0 Å². The number of amides is 1. The fraction of sp³-hybridized carbons (Fsp3) is 0.100. The van der Waals surface area contributed by atoms with Crippen LogP contribution in [0, 0.1) is 0 Å². The number of thiophene rings is 1. The minimum absolute atomic E-state index is 0.0661. The molecule has 0 bridgehead atoms. The number of nitrogens with zero attached hydrogens (tertiary/aromatic N) is 2. The van der Waals surface area contributed by atoms with Crippen LogP contribution < -0.4 is 5.32 Å². The van der Waals surface area contributed by atoms with E-state index >= 15 is 0 Å². The summed E-state index contributed by atoms with van der Waals surface area (Å²) in [5.74, 6) is -0.0661. The van der Waals surface area contributed by atoms with E-state index < -0.39 is 0 Å². The summed E-state index contributed by atoms with van der Waals surface area (Å²) in [5.41, 5.74) is 0.801. The van der Waals surface area contributed by atoms with Crippen molar-refractivity contribution in [2.24, 2.45) is 0 Å². The van der Waals surface area contributed by atoms with Gasteiger partial charge in [-0.15, -0.1) is 11.3 Å². The molecule has 0 saturated carbocycles. The highest BCUT2D eigenvalue weighted by Crippen LogP contribution is 2.07. The number of hydrogen-bond acceptors (Lipinski definition) is 4. The molecule has 0 unspecified atom stereocenters. The van der Waals surface area contributed by atoms with Crippen molar-refractivity contribution in [2.75, 3.05) is 0 Å². The van der Waals surface area contributed by atoms with Crippen molar-refractivity contribution in [3.63, 3.8) is 0 Å². The molecule has 0 atom stereocenters. The highest BCUT2D eigenvalue weighted by Gasteiger charge is 2.05. The zero-order valence-electron chi connectivity index (χ0n) is 7.88. The van der Waals surface area contributed by atoms with E-state index in [2.05, 4.69) is 15.3 Å². The monoisotopic (exact) mass is 219 g/mol. The third-order valence-electron chi connectivity index (χ3n) is 1.82. The maximum absolute atomic E-state index is 11.5. The summed E-state index contributed by atoms with van der Waals surface area (Å²) in [6.07, 6.45) is 3.12. The lowest BCUT2D eigenvalue weighted by atomic mass is 10.4. The number of carbonyl (C=O) groups is 1. The van der Waals surface area contributed by atoms with Gasteiger partial charge in [-0.05, 0) is 17.5 Å². The zero-order valence-corrected chi connectivity index (χ0v) is 8.70. The van der Waals surface area contributed by atoms with Gasteiger partial charge >= 0.3 is 0 Å². The Balaban J connectivity index is 1.92. The summed E-state index contributed by atoms with van der Waals surface area (Å²) in [5, 5.41) is 4.66. The van der Waals surface area contributed by atoms with Crippen LogP contribution in [0.1, 0.15) is 15.4 Å². The molecule has 0 fully saturated rings. The lowest BCUT2D eigenvalue weighted by Crippen LogP contribution is -2.22. The van der Waals surface area contributed by atoms with Crippen molar-refractivity contribution in [3.05, 3.63) is 46.7 Å². The number of rotatable bonds is 3. The van der Waals surface area contributed by atoms with E-state index in [9.17, 15) is 4.79 Å². The molecule has 15 heavy (non-hydrogen) atoms. The molecule has 0 saturated heterocycles. The molecular formula is C10H9N3OS. The minimum atomic E-state index is -0.0661.